The lowest BCUT2D eigenvalue weighted by molar-refractivity contribution is -0.134. The van der Waals surface area contributed by atoms with Gasteiger partial charge in [0, 0.05) is 113 Å². The van der Waals surface area contributed by atoms with Crippen molar-refractivity contribution in [2.75, 3.05) is 92.8 Å². The summed E-state index contributed by atoms with van der Waals surface area (Å²) in [5.41, 5.74) is 17.4. The van der Waals surface area contributed by atoms with Gasteiger partial charge in [-0.2, -0.15) is 0 Å². The predicted octanol–water partition coefficient (Wildman–Crippen LogP) is 24.2. The van der Waals surface area contributed by atoms with Crippen LogP contribution in [-0.4, -0.2) is 158 Å². The number of carbonyl (C=O) groups is 6. The Morgan fingerprint density at radius 2 is 0.746 bits per heavy atom. The van der Waals surface area contributed by atoms with Crippen LogP contribution in [0.3, 0.4) is 0 Å². The highest BCUT2D eigenvalue weighted by molar-refractivity contribution is 7.11. The lowest BCUT2D eigenvalue weighted by Gasteiger charge is -2.37. The molecule has 2 saturated carbocycles. The Morgan fingerprint density at radius 3 is 1.11 bits per heavy atom. The average Bonchev–Trinajstić information content (AvgIpc) is 1.41. The number of fused-ring (bicyclic) bond motifs is 6. The van der Waals surface area contributed by atoms with Gasteiger partial charge >= 0.3 is 0 Å². The number of hydrogen-bond donors (Lipinski definition) is 3. The Hall–Kier alpha value is -10.7. The number of amides is 6. The molecule has 6 unspecified atom stereocenters. The first kappa shape index (κ1) is 104. The van der Waals surface area contributed by atoms with E-state index in [4.69, 9.17) is 25.5 Å². The van der Waals surface area contributed by atoms with Gasteiger partial charge in [-0.1, -0.05) is 191 Å². The first-order valence-electron chi connectivity index (χ1n) is 50.4. The van der Waals surface area contributed by atoms with E-state index < -0.39 is 0 Å². The zero-order chi connectivity index (χ0) is 98.8. The molecule has 13 heterocycles. The molecule has 0 radical (unpaired) electrons. The van der Waals surface area contributed by atoms with Gasteiger partial charge in [0.1, 0.15) is 11.5 Å². The minimum Gasteiger partial charge on any atom is -0.497 e. The number of benzene rings is 6. The van der Waals surface area contributed by atoms with E-state index in [0.717, 1.165) is 156 Å². The van der Waals surface area contributed by atoms with Crippen molar-refractivity contribution in [1.29, 1.82) is 0 Å². The molecule has 6 atom stereocenters. The molecule has 25 heteroatoms. The highest BCUT2D eigenvalue weighted by atomic mass is 35.5. The number of aryl methyl sites for hydroxylation is 2. The number of thiophene rings is 6. The maximum Gasteiger partial charge on any atom is 0.237 e. The molecule has 3 N–H and O–H groups in total. The second kappa shape index (κ2) is 51.7. The lowest BCUT2D eigenvalue weighted by Crippen LogP contribution is -2.44. The second-order valence-corrected chi connectivity index (χ2v) is 44.6. The topological polar surface area (TPSA) is 190 Å². The molecule has 6 amide bonds. The van der Waals surface area contributed by atoms with Crippen LogP contribution in [-0.2, 0) is 78.6 Å². The van der Waals surface area contributed by atoms with Crippen LogP contribution in [0.5, 0.6) is 5.75 Å². The number of methoxy groups -OCH3 is 2. The highest BCUT2D eigenvalue weighted by Crippen LogP contribution is 2.47. The number of furan rings is 1. The van der Waals surface area contributed by atoms with Crippen LogP contribution < -0.4 is 20.7 Å². The predicted molar refractivity (Wildman–Crippen MR) is 580 cm³/mol. The summed E-state index contributed by atoms with van der Waals surface area (Å²) in [6, 6.07) is 70.7. The number of ether oxygens (including phenoxy) is 2. The fraction of sp³-hybridized carbons (Fsp3) is 0.385. The van der Waals surface area contributed by atoms with Crippen LogP contribution in [0.2, 0.25) is 5.02 Å². The third kappa shape index (κ3) is 26.9. The molecule has 7 aromatic heterocycles. The second-order valence-electron chi connectivity index (χ2n) is 38.1. The normalized spacial score (nSPS) is 18.0. The van der Waals surface area contributed by atoms with E-state index >= 15 is 0 Å². The number of hydrogen-bond acceptors (Lipinski definition) is 18. The largest absolute Gasteiger partial charge is 0.497 e. The van der Waals surface area contributed by atoms with E-state index in [1.165, 1.54) is 122 Å². The zero-order valence-electron chi connectivity index (χ0n) is 82.6. The Bertz CT molecular complexity index is 6240. The van der Waals surface area contributed by atoms with Crippen molar-refractivity contribution in [3.8, 4) is 5.75 Å². The van der Waals surface area contributed by atoms with Gasteiger partial charge in [0.2, 0.25) is 35.4 Å². The van der Waals surface area contributed by atoms with Crippen LogP contribution >= 0.6 is 79.6 Å². The number of rotatable bonds is 30. The fourth-order valence-corrected chi connectivity index (χ4v) is 25.8. The Kier molecular flexibility index (Phi) is 37.9. The molecule has 2 aliphatic carbocycles. The molecule has 744 valence electrons. The third-order valence-corrected chi connectivity index (χ3v) is 34.3. The van der Waals surface area contributed by atoms with E-state index in [1.54, 1.807) is 83.2 Å². The van der Waals surface area contributed by atoms with E-state index in [1.807, 2.05) is 92.8 Å². The standard InChI is InChI=1S/C21H22N2O2S.C20H26N2O2S.C20H25NO2S.C19H20ClNOS.C19H21NOS.C18H20N2OS/c1-15-5-2-3-7-17(15)21-18-9-12-26-19(18)8-10-23(21)20(24)14-22-13-16-6-4-11-25-16;1-15-6-3-4-7-16(15)20-17-9-13-25-18(17)8-11-22(20)19(23)14-21-10-5-12-24-2;1-14(2)4-9-19(22)21-12-10-18-17(11-13-24-18)20(21)15-5-7-16(23-3)8-6-15;20-15-6-4-14(5-7-15)19-16-10-12-23-17(16)9-11-21(19)18(22)8-3-13-1-2-13;21-18(9-8-14-6-7-14)20-12-10-17-16(11-13-22-17)19(20)15-4-2-1-3-5-15;1-2-10-19-13-17(21)20-11-8-16-15(9-12-22-16)18(20)14-6-4-3-5-7-14/h2-7,9,11-12,21-22H,8,10,13-14H2,1H3;3-4,6-7,9,13,20-21H,5,8,10-12,14H2,1-2H3;5-8,11,13-14,20H,4,9-10,12H2,1-3H3;4-7,10,12-13,19H,1-3,8-9,11H2;1-5,11,13-14,19H,6-10,12H2;2-7,9,12,18-19H,1,8,10-11,13H2. The molecule has 6 aromatic carbocycles. The monoisotopic (exact) mass is 2040 g/mol. The van der Waals surface area contributed by atoms with E-state index in [2.05, 4.69) is 237 Å². The van der Waals surface area contributed by atoms with Crippen molar-refractivity contribution in [3.63, 3.8) is 0 Å². The maximum absolute atomic E-state index is 13.0. The lowest BCUT2D eigenvalue weighted by atomic mass is 9.90. The maximum atomic E-state index is 13.0. The Balaban J connectivity index is 0.000000123. The smallest absolute Gasteiger partial charge is 0.237 e. The molecule has 0 spiro atoms. The molecule has 2 fully saturated rings. The van der Waals surface area contributed by atoms with Crippen molar-refractivity contribution < 1.29 is 42.7 Å². The molecule has 0 saturated heterocycles. The minimum absolute atomic E-state index is 0.00381. The average molecular weight is 2040 g/mol. The zero-order valence-corrected chi connectivity index (χ0v) is 88.2. The summed E-state index contributed by atoms with van der Waals surface area (Å²) in [5.74, 6) is 5.19. The van der Waals surface area contributed by atoms with Gasteiger partial charge in [-0.15, -0.1) is 74.6 Å². The van der Waals surface area contributed by atoms with E-state index in [-0.39, 0.29) is 59.9 Å². The first-order valence-corrected chi connectivity index (χ1v) is 56.1. The van der Waals surface area contributed by atoms with Crippen molar-refractivity contribution in [2.24, 2.45) is 17.8 Å². The molecule has 142 heavy (non-hydrogen) atoms. The number of nitrogens with zero attached hydrogens (tertiary/aromatic N) is 6. The van der Waals surface area contributed by atoms with Gasteiger partial charge < -0.3 is 59.2 Å². The Morgan fingerprint density at radius 1 is 0.401 bits per heavy atom. The molecule has 18 nitrogen and oxygen atoms in total. The highest BCUT2D eigenvalue weighted by Gasteiger charge is 2.41. The summed E-state index contributed by atoms with van der Waals surface area (Å²) in [6.07, 6.45) is 20.5. The van der Waals surface area contributed by atoms with Gasteiger partial charge in [0.25, 0.3) is 0 Å². The van der Waals surface area contributed by atoms with Crippen molar-refractivity contribution in [3.05, 3.63) is 375 Å². The van der Waals surface area contributed by atoms with Gasteiger partial charge in [0.15, 0.2) is 0 Å². The van der Waals surface area contributed by atoms with Gasteiger partial charge in [-0.25, -0.2) is 0 Å². The minimum atomic E-state index is 0.00381. The number of halogens is 1. The Labute approximate surface area is 867 Å². The van der Waals surface area contributed by atoms with Crippen molar-refractivity contribution >= 4 is 115 Å². The number of carbonyl (C=O) groups excluding carboxylic acids is 6. The van der Waals surface area contributed by atoms with Crippen LogP contribution in [0.4, 0.5) is 0 Å². The van der Waals surface area contributed by atoms with Crippen LogP contribution in [0, 0.1) is 31.6 Å². The SMILES string of the molecule is C=CCNCC(=O)N1CCc2sccc2C1c1ccccc1.COCCCNCC(=O)N1CCc2sccc2C1c1ccccc1C.COc1ccc(C2c3ccsc3CCN2C(=O)CCC(C)C)cc1.Cc1ccccc1C1c2ccsc2CCN1C(=O)CNCc1ccco1.O=C(CCC1CC1)N1CCc2sccc2C1c1ccc(Cl)cc1.O=C(CCC1CC1)N1CCc2sccc2C1c1ccccc1. The van der Waals surface area contributed by atoms with Gasteiger partial charge in [0.05, 0.1) is 75.8 Å². The first-order chi connectivity index (χ1) is 69.4. The van der Waals surface area contributed by atoms with E-state index in [9.17, 15) is 28.8 Å². The summed E-state index contributed by atoms with van der Waals surface area (Å²) in [5, 5.41) is 23.2. The molecule has 0 bridgehead atoms. The summed E-state index contributed by atoms with van der Waals surface area (Å²) in [4.78, 5) is 97.7. The van der Waals surface area contributed by atoms with Crippen molar-refractivity contribution in [2.45, 2.75) is 180 Å². The van der Waals surface area contributed by atoms with Gasteiger partial charge in [-0.3, -0.25) is 28.8 Å². The summed E-state index contributed by atoms with van der Waals surface area (Å²) >= 11 is 16.9. The van der Waals surface area contributed by atoms with Gasteiger partial charge in [-0.05, 0) is 285 Å². The molecule has 6 aliphatic heterocycles. The summed E-state index contributed by atoms with van der Waals surface area (Å²) in [6.45, 7) is 20.8. The number of nitrogens with one attached hydrogen (secondary N) is 3. The molecule has 21 rings (SSSR count). The molecular formula is C117H134ClN9O9S6. The van der Waals surface area contributed by atoms with Crippen molar-refractivity contribution in [1.82, 2.24) is 45.3 Å². The van der Waals surface area contributed by atoms with Crippen LogP contribution in [0.25, 0.3) is 0 Å². The summed E-state index contributed by atoms with van der Waals surface area (Å²) < 4.78 is 15.6. The molecule has 13 aromatic rings. The third-order valence-electron chi connectivity index (χ3n) is 28.1. The molecular weight excluding hydrogens is 1900 g/mol. The van der Waals surface area contributed by atoms with E-state index in [0.29, 0.717) is 69.7 Å². The quantitative estimate of drug-likeness (QED) is 0.0286. The van der Waals surface area contributed by atoms with Crippen LogP contribution in [0.15, 0.2) is 262 Å². The summed E-state index contributed by atoms with van der Waals surface area (Å²) in [7, 11) is 3.37. The fourth-order valence-electron chi connectivity index (χ4n) is 20.2. The van der Waals surface area contributed by atoms with Crippen LogP contribution in [0.1, 0.15) is 234 Å². The molecule has 8 aliphatic rings.